The Labute approximate surface area is 115 Å². The Morgan fingerprint density at radius 1 is 1.53 bits per heavy atom. The average Bonchev–Trinajstić information content (AvgIpc) is 2.86. The van der Waals surface area contributed by atoms with Gasteiger partial charge in [-0.05, 0) is 6.07 Å². The van der Waals surface area contributed by atoms with E-state index in [0.29, 0.717) is 15.8 Å². The molecule has 0 unspecified atom stereocenters. The SMILES string of the molecule is O=C(O)c1csc(CSc2ccc([N+](=O)[O-])cn2)n1. The maximum atomic E-state index is 10.7. The van der Waals surface area contributed by atoms with Crippen LogP contribution in [-0.4, -0.2) is 26.0 Å². The Hall–Kier alpha value is -2.00. The molecule has 0 atom stereocenters. The molecule has 0 saturated heterocycles. The molecule has 19 heavy (non-hydrogen) atoms. The summed E-state index contributed by atoms with van der Waals surface area (Å²) in [5.74, 6) is -0.580. The molecular formula is C10H7N3O4S2. The number of nitrogens with zero attached hydrogens (tertiary/aromatic N) is 3. The number of thiazole rings is 1. The van der Waals surface area contributed by atoms with Crippen molar-refractivity contribution >= 4 is 34.8 Å². The van der Waals surface area contributed by atoms with Crippen LogP contribution in [0.1, 0.15) is 15.5 Å². The summed E-state index contributed by atoms with van der Waals surface area (Å²) in [4.78, 5) is 28.5. The first kappa shape index (κ1) is 13.4. The van der Waals surface area contributed by atoms with Gasteiger partial charge in [-0.15, -0.1) is 11.3 Å². The van der Waals surface area contributed by atoms with Gasteiger partial charge in [0, 0.05) is 11.4 Å². The zero-order valence-corrected chi connectivity index (χ0v) is 11.0. The number of hydrogen-bond donors (Lipinski definition) is 1. The van der Waals surface area contributed by atoms with Gasteiger partial charge in [0.05, 0.1) is 15.7 Å². The fraction of sp³-hybridized carbons (Fsp3) is 0.100. The molecule has 0 bridgehead atoms. The van der Waals surface area contributed by atoms with Gasteiger partial charge >= 0.3 is 5.97 Å². The van der Waals surface area contributed by atoms with Crippen molar-refractivity contribution in [2.24, 2.45) is 0 Å². The average molecular weight is 297 g/mol. The molecule has 0 saturated carbocycles. The molecule has 1 N–H and O–H groups in total. The Balaban J connectivity index is 1.97. The first-order valence-electron chi connectivity index (χ1n) is 4.97. The summed E-state index contributed by atoms with van der Waals surface area (Å²) in [6.07, 6.45) is 1.19. The van der Waals surface area contributed by atoms with E-state index in [0.717, 1.165) is 0 Å². The van der Waals surface area contributed by atoms with Gasteiger partial charge in [-0.2, -0.15) is 0 Å². The number of carboxylic acid groups (broad SMARTS) is 1. The summed E-state index contributed by atoms with van der Waals surface area (Å²) in [5.41, 5.74) is -0.0379. The van der Waals surface area contributed by atoms with Gasteiger partial charge in [0.1, 0.15) is 11.2 Å². The predicted molar refractivity (Wildman–Crippen MR) is 69.5 cm³/mol. The summed E-state index contributed by atoms with van der Waals surface area (Å²) >= 11 is 2.60. The topological polar surface area (TPSA) is 106 Å². The van der Waals surface area contributed by atoms with Crippen LogP contribution in [0.25, 0.3) is 0 Å². The molecule has 2 heterocycles. The van der Waals surface area contributed by atoms with Gasteiger partial charge in [0.2, 0.25) is 0 Å². The van der Waals surface area contributed by atoms with Crippen molar-refractivity contribution in [3.63, 3.8) is 0 Å². The molecule has 98 valence electrons. The molecule has 0 spiro atoms. The molecule has 2 aromatic rings. The van der Waals surface area contributed by atoms with E-state index in [9.17, 15) is 14.9 Å². The lowest BCUT2D eigenvalue weighted by Crippen LogP contribution is -1.96. The number of carbonyl (C=O) groups is 1. The van der Waals surface area contributed by atoms with Crippen LogP contribution in [0.15, 0.2) is 28.7 Å². The third kappa shape index (κ3) is 3.48. The van der Waals surface area contributed by atoms with E-state index < -0.39 is 10.9 Å². The van der Waals surface area contributed by atoms with Crippen LogP contribution in [0.2, 0.25) is 0 Å². The van der Waals surface area contributed by atoms with Crippen LogP contribution >= 0.6 is 23.1 Å². The predicted octanol–water partition coefficient (Wildman–Crippen LogP) is 2.44. The summed E-state index contributed by atoms with van der Waals surface area (Å²) < 4.78 is 0. The van der Waals surface area contributed by atoms with Crippen molar-refractivity contribution in [3.8, 4) is 0 Å². The number of aromatic nitrogens is 2. The summed E-state index contributed by atoms with van der Waals surface area (Å²) in [5, 5.41) is 21.9. The van der Waals surface area contributed by atoms with Crippen LogP contribution in [0, 0.1) is 10.1 Å². The van der Waals surface area contributed by atoms with Gasteiger partial charge < -0.3 is 5.11 Å². The lowest BCUT2D eigenvalue weighted by atomic mass is 10.4. The Bertz CT molecular complexity index is 611. The van der Waals surface area contributed by atoms with Crippen molar-refractivity contribution in [1.82, 2.24) is 9.97 Å². The smallest absolute Gasteiger partial charge is 0.355 e. The maximum Gasteiger partial charge on any atom is 0.355 e. The second kappa shape index (κ2) is 5.76. The molecule has 0 aromatic carbocycles. The summed E-state index contributed by atoms with van der Waals surface area (Å²) in [6, 6.07) is 2.92. The van der Waals surface area contributed by atoms with Crippen molar-refractivity contribution in [2.75, 3.05) is 0 Å². The van der Waals surface area contributed by atoms with Crippen LogP contribution in [0.3, 0.4) is 0 Å². The monoisotopic (exact) mass is 297 g/mol. The Morgan fingerprint density at radius 3 is 2.84 bits per heavy atom. The molecule has 0 amide bonds. The highest BCUT2D eigenvalue weighted by molar-refractivity contribution is 7.98. The van der Waals surface area contributed by atoms with Crippen molar-refractivity contribution in [2.45, 2.75) is 10.8 Å². The minimum absolute atomic E-state index is 0.0252. The van der Waals surface area contributed by atoms with Gasteiger partial charge in [0.25, 0.3) is 5.69 Å². The fourth-order valence-electron chi connectivity index (χ4n) is 1.18. The van der Waals surface area contributed by atoms with E-state index in [4.69, 9.17) is 5.11 Å². The number of thioether (sulfide) groups is 1. The van der Waals surface area contributed by atoms with Crippen molar-refractivity contribution < 1.29 is 14.8 Å². The molecule has 0 aliphatic heterocycles. The molecule has 7 nitrogen and oxygen atoms in total. The summed E-state index contributed by atoms with van der Waals surface area (Å²) in [7, 11) is 0. The first-order chi connectivity index (χ1) is 9.06. The third-order valence-corrected chi connectivity index (χ3v) is 4.03. The van der Waals surface area contributed by atoms with E-state index in [-0.39, 0.29) is 11.4 Å². The lowest BCUT2D eigenvalue weighted by Gasteiger charge is -1.97. The molecule has 9 heteroatoms. The zero-order chi connectivity index (χ0) is 13.8. The highest BCUT2D eigenvalue weighted by Gasteiger charge is 2.10. The normalized spacial score (nSPS) is 10.3. The van der Waals surface area contributed by atoms with E-state index in [1.165, 1.54) is 40.7 Å². The van der Waals surface area contributed by atoms with Gasteiger partial charge in [-0.3, -0.25) is 10.1 Å². The third-order valence-electron chi connectivity index (χ3n) is 2.05. The van der Waals surface area contributed by atoms with Crippen LogP contribution in [0.5, 0.6) is 0 Å². The van der Waals surface area contributed by atoms with E-state index in [2.05, 4.69) is 9.97 Å². The molecule has 2 rings (SSSR count). The number of rotatable bonds is 5. The maximum absolute atomic E-state index is 10.7. The fourth-order valence-corrected chi connectivity index (χ4v) is 2.81. The van der Waals surface area contributed by atoms with Crippen LogP contribution in [-0.2, 0) is 5.75 Å². The second-order valence-electron chi connectivity index (χ2n) is 3.33. The Morgan fingerprint density at radius 2 is 2.32 bits per heavy atom. The molecular weight excluding hydrogens is 290 g/mol. The molecule has 2 aromatic heterocycles. The molecule has 0 aliphatic carbocycles. The van der Waals surface area contributed by atoms with E-state index in [1.54, 1.807) is 6.07 Å². The number of pyridine rings is 1. The van der Waals surface area contributed by atoms with E-state index >= 15 is 0 Å². The minimum Gasteiger partial charge on any atom is -0.476 e. The standard InChI is InChI=1S/C10H7N3O4S2/c14-10(15)7-4-18-9(12-7)5-19-8-2-1-6(3-11-8)13(16)17/h1-4H,5H2,(H,14,15). The lowest BCUT2D eigenvalue weighted by molar-refractivity contribution is -0.385. The van der Waals surface area contributed by atoms with Gasteiger partial charge in [-0.1, -0.05) is 11.8 Å². The van der Waals surface area contributed by atoms with Crippen molar-refractivity contribution in [1.29, 1.82) is 0 Å². The minimum atomic E-state index is -1.05. The molecule has 0 fully saturated rings. The van der Waals surface area contributed by atoms with Gasteiger partial charge in [0.15, 0.2) is 5.69 Å². The van der Waals surface area contributed by atoms with E-state index in [1.807, 2.05) is 0 Å². The van der Waals surface area contributed by atoms with Gasteiger partial charge in [-0.25, -0.2) is 14.8 Å². The Kier molecular flexibility index (Phi) is 4.07. The number of aromatic carboxylic acids is 1. The number of nitro groups is 1. The highest BCUT2D eigenvalue weighted by atomic mass is 32.2. The summed E-state index contributed by atoms with van der Waals surface area (Å²) in [6.45, 7) is 0. The largest absolute Gasteiger partial charge is 0.476 e. The number of carboxylic acids is 1. The zero-order valence-electron chi connectivity index (χ0n) is 9.35. The van der Waals surface area contributed by atoms with Crippen LogP contribution in [0.4, 0.5) is 5.69 Å². The first-order valence-corrected chi connectivity index (χ1v) is 6.83. The molecule has 0 radical (unpaired) electrons. The van der Waals surface area contributed by atoms with Crippen molar-refractivity contribution in [3.05, 3.63) is 44.5 Å². The van der Waals surface area contributed by atoms with Crippen LogP contribution < -0.4 is 0 Å². The second-order valence-corrected chi connectivity index (χ2v) is 5.27. The number of hydrogen-bond acceptors (Lipinski definition) is 7. The highest BCUT2D eigenvalue weighted by Crippen LogP contribution is 2.24. The molecule has 0 aliphatic rings. The quantitative estimate of drug-likeness (QED) is 0.513.